The van der Waals surface area contributed by atoms with Crippen molar-refractivity contribution in [2.24, 2.45) is 11.7 Å². The van der Waals surface area contributed by atoms with Gasteiger partial charge in [-0.05, 0) is 56.0 Å². The molecule has 0 bridgehead atoms. The maximum Gasteiger partial charge on any atom is 0.262 e. The highest BCUT2D eigenvalue weighted by Crippen LogP contribution is 2.28. The first-order chi connectivity index (χ1) is 12.6. The average Bonchev–Trinajstić information content (AvgIpc) is 2.94. The van der Waals surface area contributed by atoms with Gasteiger partial charge in [-0.25, -0.2) is 4.39 Å². The number of carbonyl (C=O) groups excluding carboxylic acids is 2. The van der Waals surface area contributed by atoms with Crippen molar-refractivity contribution in [1.82, 2.24) is 5.32 Å². The number of carbonyl (C=O) groups is 2. The maximum atomic E-state index is 13.3. The smallest absolute Gasteiger partial charge is 0.262 e. The lowest BCUT2D eigenvalue weighted by Gasteiger charge is -2.31. The molecule has 154 valence electrons. The predicted octanol–water partition coefficient (Wildman–Crippen LogP) is 4.36. The molecule has 0 aliphatic heterocycles. The Morgan fingerprint density at radius 3 is 2.50 bits per heavy atom. The molecule has 0 saturated carbocycles. The summed E-state index contributed by atoms with van der Waals surface area (Å²) in [6.45, 7) is 8.24. The molecule has 0 spiro atoms. The van der Waals surface area contributed by atoms with Crippen molar-refractivity contribution in [1.29, 1.82) is 0 Å². The van der Waals surface area contributed by atoms with Crippen LogP contribution in [0.2, 0.25) is 0 Å². The molecule has 0 aliphatic rings. The van der Waals surface area contributed by atoms with E-state index in [9.17, 15) is 14.0 Å². The average molecular weight is 428 g/mol. The minimum absolute atomic E-state index is 0. The number of nitrogens with one attached hydrogen (secondary N) is 2. The Labute approximate surface area is 175 Å². The number of rotatable bonds is 7. The molecule has 1 aromatic carbocycles. The van der Waals surface area contributed by atoms with Crippen LogP contribution in [0.15, 0.2) is 30.3 Å². The van der Waals surface area contributed by atoms with E-state index in [0.717, 1.165) is 12.0 Å². The van der Waals surface area contributed by atoms with Gasteiger partial charge in [-0.1, -0.05) is 19.9 Å². The van der Waals surface area contributed by atoms with Gasteiger partial charge in [0.05, 0.1) is 15.4 Å². The van der Waals surface area contributed by atoms with E-state index >= 15 is 0 Å². The number of benzene rings is 1. The SMILES string of the molecule is Cc1cc(NC(=O)c2cccc(F)c2)sc1C(=O)NC(C)(CN)CC(C)C.Cl. The molecule has 2 aromatic rings. The van der Waals surface area contributed by atoms with Gasteiger partial charge in [-0.15, -0.1) is 23.7 Å². The Morgan fingerprint density at radius 2 is 1.93 bits per heavy atom. The van der Waals surface area contributed by atoms with Crippen molar-refractivity contribution in [2.45, 2.75) is 39.7 Å². The number of hydrogen-bond acceptors (Lipinski definition) is 4. The normalized spacial score (nSPS) is 12.8. The third kappa shape index (κ3) is 6.29. The van der Waals surface area contributed by atoms with Crippen LogP contribution in [0.1, 0.15) is 52.8 Å². The van der Waals surface area contributed by atoms with E-state index in [0.29, 0.717) is 22.3 Å². The summed E-state index contributed by atoms with van der Waals surface area (Å²) in [5.74, 6) is -0.715. The van der Waals surface area contributed by atoms with E-state index in [-0.39, 0.29) is 23.9 Å². The second-order valence-corrected chi connectivity index (χ2v) is 8.46. The van der Waals surface area contributed by atoms with Crippen molar-refractivity contribution >= 4 is 40.6 Å². The quantitative estimate of drug-likeness (QED) is 0.613. The first-order valence-corrected chi connectivity index (χ1v) is 9.65. The number of nitrogens with two attached hydrogens (primary N) is 1. The molecule has 28 heavy (non-hydrogen) atoms. The molecule has 2 amide bonds. The molecular weight excluding hydrogens is 401 g/mol. The van der Waals surface area contributed by atoms with Crippen LogP contribution in [-0.2, 0) is 0 Å². The summed E-state index contributed by atoms with van der Waals surface area (Å²) in [7, 11) is 0. The monoisotopic (exact) mass is 427 g/mol. The minimum Gasteiger partial charge on any atom is -0.345 e. The molecule has 1 atom stereocenters. The van der Waals surface area contributed by atoms with Gasteiger partial charge in [0.1, 0.15) is 5.82 Å². The Hall–Kier alpha value is -1.96. The fourth-order valence-corrected chi connectivity index (χ4v) is 3.96. The second-order valence-electron chi connectivity index (χ2n) is 7.40. The summed E-state index contributed by atoms with van der Waals surface area (Å²) in [4.78, 5) is 25.5. The summed E-state index contributed by atoms with van der Waals surface area (Å²) in [5.41, 5.74) is 6.36. The van der Waals surface area contributed by atoms with E-state index in [2.05, 4.69) is 24.5 Å². The highest BCUT2D eigenvalue weighted by Gasteiger charge is 2.27. The zero-order valence-electron chi connectivity index (χ0n) is 16.5. The number of thiophene rings is 1. The number of halogens is 2. The van der Waals surface area contributed by atoms with Crippen molar-refractivity contribution in [3.05, 3.63) is 52.2 Å². The van der Waals surface area contributed by atoms with E-state index in [1.165, 1.54) is 35.6 Å². The standard InChI is InChI=1S/C20H26FN3O2S.ClH/c1-12(2)10-20(4,11-22)24-19(26)17-13(3)8-16(27-17)23-18(25)14-6-5-7-15(21)9-14;/h5-9,12H,10-11,22H2,1-4H3,(H,23,25)(H,24,26);1H. The number of amides is 2. The van der Waals surface area contributed by atoms with Crippen molar-refractivity contribution in [2.75, 3.05) is 11.9 Å². The van der Waals surface area contributed by atoms with Gasteiger partial charge < -0.3 is 16.4 Å². The lowest BCUT2D eigenvalue weighted by molar-refractivity contribution is 0.0901. The number of hydrogen-bond donors (Lipinski definition) is 3. The Morgan fingerprint density at radius 1 is 1.25 bits per heavy atom. The molecule has 4 N–H and O–H groups in total. The number of aryl methyl sites for hydroxylation is 1. The minimum atomic E-state index is -0.493. The maximum absolute atomic E-state index is 13.3. The number of anilines is 1. The van der Waals surface area contributed by atoms with Crippen LogP contribution in [0.25, 0.3) is 0 Å². The van der Waals surface area contributed by atoms with Gasteiger partial charge in [0, 0.05) is 12.1 Å². The Kier molecular flexibility index (Phi) is 8.60. The van der Waals surface area contributed by atoms with Crippen LogP contribution in [0, 0.1) is 18.7 Å². The zero-order chi connectivity index (χ0) is 20.2. The summed E-state index contributed by atoms with van der Waals surface area (Å²) >= 11 is 1.19. The third-order valence-corrected chi connectivity index (χ3v) is 5.32. The molecule has 1 unspecified atom stereocenters. The first kappa shape index (κ1) is 24.1. The molecule has 5 nitrogen and oxygen atoms in total. The molecule has 1 aromatic heterocycles. The highest BCUT2D eigenvalue weighted by molar-refractivity contribution is 7.18. The van der Waals surface area contributed by atoms with Crippen LogP contribution in [0.3, 0.4) is 0 Å². The van der Waals surface area contributed by atoms with Gasteiger partial charge >= 0.3 is 0 Å². The molecule has 1 heterocycles. The predicted molar refractivity (Wildman–Crippen MR) is 115 cm³/mol. The van der Waals surface area contributed by atoms with E-state index < -0.39 is 17.3 Å². The summed E-state index contributed by atoms with van der Waals surface area (Å²) < 4.78 is 13.3. The van der Waals surface area contributed by atoms with E-state index in [4.69, 9.17) is 5.73 Å². The Balaban J connectivity index is 0.00000392. The molecule has 0 radical (unpaired) electrons. The molecular formula is C20H27ClFN3O2S. The zero-order valence-corrected chi connectivity index (χ0v) is 18.1. The largest absolute Gasteiger partial charge is 0.345 e. The Bertz CT molecular complexity index is 841. The molecule has 8 heteroatoms. The van der Waals surface area contributed by atoms with E-state index in [1.54, 1.807) is 6.07 Å². The van der Waals surface area contributed by atoms with Gasteiger partial charge in [-0.2, -0.15) is 0 Å². The van der Waals surface area contributed by atoms with Gasteiger partial charge in [0.15, 0.2) is 0 Å². The molecule has 2 rings (SSSR count). The fourth-order valence-electron chi connectivity index (χ4n) is 3.00. The van der Waals surface area contributed by atoms with Crippen LogP contribution in [0.4, 0.5) is 9.39 Å². The summed E-state index contributed by atoms with van der Waals surface area (Å²) in [6, 6.07) is 7.19. The van der Waals surface area contributed by atoms with Gasteiger partial charge in [-0.3, -0.25) is 9.59 Å². The molecule has 0 fully saturated rings. The van der Waals surface area contributed by atoms with Crippen molar-refractivity contribution < 1.29 is 14.0 Å². The van der Waals surface area contributed by atoms with Crippen molar-refractivity contribution in [3.8, 4) is 0 Å². The highest BCUT2D eigenvalue weighted by atomic mass is 35.5. The fraction of sp³-hybridized carbons (Fsp3) is 0.400. The first-order valence-electron chi connectivity index (χ1n) is 8.83. The van der Waals surface area contributed by atoms with Gasteiger partial charge in [0.25, 0.3) is 11.8 Å². The second kappa shape index (κ2) is 10.0. The van der Waals surface area contributed by atoms with Crippen LogP contribution >= 0.6 is 23.7 Å². The van der Waals surface area contributed by atoms with E-state index in [1.807, 2.05) is 13.8 Å². The van der Waals surface area contributed by atoms with Crippen molar-refractivity contribution in [3.63, 3.8) is 0 Å². The van der Waals surface area contributed by atoms with Crippen LogP contribution < -0.4 is 16.4 Å². The lowest BCUT2D eigenvalue weighted by atomic mass is 9.90. The van der Waals surface area contributed by atoms with Crippen LogP contribution in [-0.4, -0.2) is 23.9 Å². The topological polar surface area (TPSA) is 84.2 Å². The van der Waals surface area contributed by atoms with Gasteiger partial charge in [0.2, 0.25) is 0 Å². The summed E-state index contributed by atoms with van der Waals surface area (Å²) in [6.07, 6.45) is 0.767. The molecule has 0 aliphatic carbocycles. The third-order valence-electron chi connectivity index (χ3n) is 4.17. The van der Waals surface area contributed by atoms with Crippen LogP contribution in [0.5, 0.6) is 0 Å². The lowest BCUT2D eigenvalue weighted by Crippen LogP contribution is -2.52. The summed E-state index contributed by atoms with van der Waals surface area (Å²) in [5, 5.41) is 6.27. The molecule has 0 saturated heterocycles.